The molecular formula is C12H15N3O2S2. The van der Waals surface area contributed by atoms with Crippen molar-refractivity contribution < 1.29 is 8.42 Å². The van der Waals surface area contributed by atoms with Gasteiger partial charge >= 0.3 is 0 Å². The minimum atomic E-state index is -3.58. The Hall–Kier alpha value is -1.44. The summed E-state index contributed by atoms with van der Waals surface area (Å²) < 4.78 is 27.1. The zero-order valence-electron chi connectivity index (χ0n) is 10.4. The van der Waals surface area contributed by atoms with Crippen LogP contribution in [0, 0.1) is 0 Å². The number of nitrogens with zero attached hydrogens (tertiary/aromatic N) is 1. The molecule has 19 heavy (non-hydrogen) atoms. The predicted octanol–water partition coefficient (Wildman–Crippen LogP) is 2.15. The summed E-state index contributed by atoms with van der Waals surface area (Å²) in [6, 6.07) is 6.53. The monoisotopic (exact) mass is 297 g/mol. The zero-order chi connectivity index (χ0) is 13.9. The second kappa shape index (κ2) is 5.68. The Balaban J connectivity index is 2.23. The largest absolute Gasteiger partial charge is 0.384 e. The molecule has 2 aromatic rings. The third kappa shape index (κ3) is 3.31. The van der Waals surface area contributed by atoms with Crippen molar-refractivity contribution in [3.8, 4) is 0 Å². The van der Waals surface area contributed by atoms with E-state index in [9.17, 15) is 8.42 Å². The SMILES string of the molecule is CCC(NS(=O)(=O)c1ccc(N)nc1)c1cccs1. The standard InChI is InChI=1S/C12H15N3O2S2/c1-2-10(11-4-3-7-18-11)15-19(16,17)9-5-6-12(13)14-8-9/h3-8,10,15H,2H2,1H3,(H2,13,14). The highest BCUT2D eigenvalue weighted by molar-refractivity contribution is 7.89. The van der Waals surface area contributed by atoms with E-state index in [4.69, 9.17) is 5.73 Å². The van der Waals surface area contributed by atoms with Gasteiger partial charge < -0.3 is 5.73 Å². The first-order valence-corrected chi connectivity index (χ1v) is 8.16. The molecule has 0 aromatic carbocycles. The molecule has 5 nitrogen and oxygen atoms in total. The Morgan fingerprint density at radius 1 is 1.42 bits per heavy atom. The highest BCUT2D eigenvalue weighted by Crippen LogP contribution is 2.24. The van der Waals surface area contributed by atoms with E-state index in [1.165, 1.54) is 29.7 Å². The fourth-order valence-corrected chi connectivity index (χ4v) is 3.82. The number of pyridine rings is 1. The maximum absolute atomic E-state index is 12.2. The average Bonchev–Trinajstić information content (AvgIpc) is 2.90. The minimum absolute atomic E-state index is 0.122. The fourth-order valence-electron chi connectivity index (χ4n) is 1.64. The molecule has 0 aliphatic carbocycles. The summed E-state index contributed by atoms with van der Waals surface area (Å²) in [5.41, 5.74) is 5.45. The summed E-state index contributed by atoms with van der Waals surface area (Å²) in [4.78, 5) is 4.92. The number of anilines is 1. The van der Waals surface area contributed by atoms with Crippen LogP contribution in [0.1, 0.15) is 24.3 Å². The second-order valence-corrected chi connectivity index (χ2v) is 6.71. The Morgan fingerprint density at radius 3 is 2.74 bits per heavy atom. The third-order valence-electron chi connectivity index (χ3n) is 2.66. The second-order valence-electron chi connectivity index (χ2n) is 4.02. The molecule has 0 saturated heterocycles. The van der Waals surface area contributed by atoms with Gasteiger partial charge in [-0.05, 0) is 30.0 Å². The van der Waals surface area contributed by atoms with Gasteiger partial charge in [-0.3, -0.25) is 0 Å². The Kier molecular flexibility index (Phi) is 4.18. The van der Waals surface area contributed by atoms with Crippen molar-refractivity contribution in [1.82, 2.24) is 9.71 Å². The summed E-state index contributed by atoms with van der Waals surface area (Å²) in [6.45, 7) is 1.94. The third-order valence-corrected chi connectivity index (χ3v) is 5.10. The molecule has 2 aromatic heterocycles. The van der Waals surface area contributed by atoms with Gasteiger partial charge in [0.1, 0.15) is 10.7 Å². The fraction of sp³-hybridized carbons (Fsp3) is 0.250. The molecule has 1 unspecified atom stereocenters. The van der Waals surface area contributed by atoms with Crippen LogP contribution in [0.2, 0.25) is 0 Å². The van der Waals surface area contributed by atoms with Gasteiger partial charge in [0.15, 0.2) is 0 Å². The lowest BCUT2D eigenvalue weighted by atomic mass is 10.2. The lowest BCUT2D eigenvalue weighted by molar-refractivity contribution is 0.553. The van der Waals surface area contributed by atoms with E-state index in [2.05, 4.69) is 9.71 Å². The van der Waals surface area contributed by atoms with Crippen molar-refractivity contribution in [2.75, 3.05) is 5.73 Å². The Morgan fingerprint density at radius 2 is 2.21 bits per heavy atom. The number of aromatic nitrogens is 1. The van der Waals surface area contributed by atoms with Gasteiger partial charge in [-0.2, -0.15) is 0 Å². The van der Waals surface area contributed by atoms with E-state index in [-0.39, 0.29) is 10.9 Å². The number of nitrogens with one attached hydrogen (secondary N) is 1. The van der Waals surface area contributed by atoms with Crippen LogP contribution in [0.4, 0.5) is 5.82 Å². The molecule has 102 valence electrons. The number of thiophene rings is 1. The van der Waals surface area contributed by atoms with Crippen molar-refractivity contribution in [3.63, 3.8) is 0 Å². The first-order chi connectivity index (χ1) is 9.03. The van der Waals surface area contributed by atoms with Crippen molar-refractivity contribution >= 4 is 27.2 Å². The van der Waals surface area contributed by atoms with E-state index < -0.39 is 10.0 Å². The highest BCUT2D eigenvalue weighted by atomic mass is 32.2. The molecule has 2 heterocycles. The Bertz CT molecular complexity index is 622. The summed E-state index contributed by atoms with van der Waals surface area (Å²) in [5.74, 6) is 0.296. The maximum atomic E-state index is 12.2. The van der Waals surface area contributed by atoms with Crippen LogP contribution in [-0.2, 0) is 10.0 Å². The summed E-state index contributed by atoms with van der Waals surface area (Å²) in [6.07, 6.45) is 1.95. The van der Waals surface area contributed by atoms with Crippen LogP contribution in [0.25, 0.3) is 0 Å². The summed E-state index contributed by atoms with van der Waals surface area (Å²) in [5, 5.41) is 1.93. The molecule has 2 rings (SSSR count). The number of hydrogen-bond acceptors (Lipinski definition) is 5. The topological polar surface area (TPSA) is 85.1 Å². The highest BCUT2D eigenvalue weighted by Gasteiger charge is 2.21. The van der Waals surface area contributed by atoms with Gasteiger partial charge in [0.2, 0.25) is 10.0 Å². The minimum Gasteiger partial charge on any atom is -0.384 e. The lowest BCUT2D eigenvalue weighted by Gasteiger charge is -2.15. The first-order valence-electron chi connectivity index (χ1n) is 5.80. The molecular weight excluding hydrogens is 282 g/mol. The summed E-state index contributed by atoms with van der Waals surface area (Å²) >= 11 is 1.53. The maximum Gasteiger partial charge on any atom is 0.242 e. The van der Waals surface area contributed by atoms with Crippen molar-refractivity contribution in [3.05, 3.63) is 40.7 Å². The molecule has 0 amide bonds. The summed E-state index contributed by atoms with van der Waals surface area (Å²) in [7, 11) is -3.58. The van der Waals surface area contributed by atoms with Crippen LogP contribution in [0.15, 0.2) is 40.7 Å². The smallest absolute Gasteiger partial charge is 0.242 e. The quantitative estimate of drug-likeness (QED) is 0.885. The van der Waals surface area contributed by atoms with Gasteiger partial charge in [0, 0.05) is 11.1 Å². The van der Waals surface area contributed by atoms with Gasteiger partial charge in [-0.15, -0.1) is 11.3 Å². The number of rotatable bonds is 5. The molecule has 0 spiro atoms. The number of hydrogen-bond donors (Lipinski definition) is 2. The molecule has 1 atom stereocenters. The number of nitrogens with two attached hydrogens (primary N) is 1. The van der Waals surface area contributed by atoms with E-state index in [1.807, 2.05) is 24.4 Å². The van der Waals surface area contributed by atoms with Crippen molar-refractivity contribution in [1.29, 1.82) is 0 Å². The van der Waals surface area contributed by atoms with E-state index >= 15 is 0 Å². The van der Waals surface area contributed by atoms with E-state index in [0.29, 0.717) is 12.2 Å². The van der Waals surface area contributed by atoms with E-state index in [1.54, 1.807) is 0 Å². The molecule has 7 heteroatoms. The Labute approximate surface area is 116 Å². The van der Waals surface area contributed by atoms with Crippen LogP contribution >= 0.6 is 11.3 Å². The molecule has 0 radical (unpaired) electrons. The normalized spacial score (nSPS) is 13.3. The van der Waals surface area contributed by atoms with Gasteiger partial charge in [0.25, 0.3) is 0 Å². The number of nitrogen functional groups attached to an aromatic ring is 1. The van der Waals surface area contributed by atoms with Crippen LogP contribution < -0.4 is 10.5 Å². The van der Waals surface area contributed by atoms with Crippen LogP contribution in [-0.4, -0.2) is 13.4 Å². The van der Waals surface area contributed by atoms with Crippen molar-refractivity contribution in [2.45, 2.75) is 24.3 Å². The molecule has 0 aliphatic heterocycles. The van der Waals surface area contributed by atoms with E-state index in [0.717, 1.165) is 4.88 Å². The van der Waals surface area contributed by atoms with Crippen molar-refractivity contribution in [2.24, 2.45) is 0 Å². The lowest BCUT2D eigenvalue weighted by Crippen LogP contribution is -2.27. The molecule has 3 N–H and O–H groups in total. The van der Waals surface area contributed by atoms with Crippen LogP contribution in [0.3, 0.4) is 0 Å². The van der Waals surface area contributed by atoms with Gasteiger partial charge in [-0.25, -0.2) is 18.1 Å². The molecule has 0 bridgehead atoms. The number of sulfonamides is 1. The molecule has 0 saturated carbocycles. The first kappa shape index (κ1) is 14.0. The molecule has 0 fully saturated rings. The zero-order valence-corrected chi connectivity index (χ0v) is 12.0. The average molecular weight is 297 g/mol. The molecule has 0 aliphatic rings. The predicted molar refractivity (Wildman–Crippen MR) is 76.3 cm³/mol. The van der Waals surface area contributed by atoms with Crippen LogP contribution in [0.5, 0.6) is 0 Å². The van der Waals surface area contributed by atoms with Gasteiger partial charge in [-0.1, -0.05) is 13.0 Å². The van der Waals surface area contributed by atoms with Gasteiger partial charge in [0.05, 0.1) is 6.04 Å².